The summed E-state index contributed by atoms with van der Waals surface area (Å²) in [5, 5.41) is 0. The van der Waals surface area contributed by atoms with Gasteiger partial charge in [0.15, 0.2) is 0 Å². The lowest BCUT2D eigenvalue weighted by atomic mass is 10.1. The SMILES string of the molecule is CCCCC1=CC1=CC=C(CC)C1CC1C. The fourth-order valence-corrected chi connectivity index (χ4v) is 2.43. The topological polar surface area (TPSA) is 0 Å². The van der Waals surface area contributed by atoms with Crippen molar-refractivity contribution < 1.29 is 0 Å². The number of hydrogen-bond acceptors (Lipinski definition) is 0. The summed E-state index contributed by atoms with van der Waals surface area (Å²) in [5.74, 6) is 1.84. The van der Waals surface area contributed by atoms with Gasteiger partial charge in [0.25, 0.3) is 0 Å². The molecule has 0 bridgehead atoms. The molecule has 0 spiro atoms. The number of unbranched alkanes of at least 4 members (excludes halogenated alkanes) is 1. The van der Waals surface area contributed by atoms with E-state index in [1.54, 1.807) is 11.1 Å². The maximum atomic E-state index is 2.39. The molecule has 0 heterocycles. The van der Waals surface area contributed by atoms with Gasteiger partial charge in [-0.2, -0.15) is 0 Å². The average molecular weight is 216 g/mol. The van der Waals surface area contributed by atoms with E-state index in [2.05, 4.69) is 39.0 Å². The number of hydrogen-bond donors (Lipinski definition) is 0. The molecule has 2 aliphatic rings. The Balaban J connectivity index is 1.82. The Morgan fingerprint density at radius 3 is 2.75 bits per heavy atom. The van der Waals surface area contributed by atoms with Gasteiger partial charge in [-0.05, 0) is 48.7 Å². The maximum Gasteiger partial charge on any atom is -0.0172 e. The van der Waals surface area contributed by atoms with Crippen LogP contribution in [-0.2, 0) is 0 Å². The molecule has 0 nitrogen and oxygen atoms in total. The van der Waals surface area contributed by atoms with Crippen LogP contribution in [0.4, 0.5) is 0 Å². The maximum absolute atomic E-state index is 2.39. The molecule has 0 heteroatoms. The smallest absolute Gasteiger partial charge is 0.0172 e. The zero-order chi connectivity index (χ0) is 11.5. The van der Waals surface area contributed by atoms with E-state index in [1.165, 1.54) is 37.7 Å². The summed E-state index contributed by atoms with van der Waals surface area (Å²) >= 11 is 0. The number of rotatable bonds is 6. The summed E-state index contributed by atoms with van der Waals surface area (Å²) in [7, 11) is 0. The van der Waals surface area contributed by atoms with E-state index in [0.717, 1.165) is 11.8 Å². The predicted octanol–water partition coefficient (Wildman–Crippen LogP) is 5.04. The van der Waals surface area contributed by atoms with E-state index in [0.29, 0.717) is 0 Å². The molecule has 0 aromatic heterocycles. The van der Waals surface area contributed by atoms with Gasteiger partial charge in [0, 0.05) is 0 Å². The van der Waals surface area contributed by atoms with Crippen molar-refractivity contribution in [3.63, 3.8) is 0 Å². The molecule has 0 N–H and O–H groups in total. The van der Waals surface area contributed by atoms with Crippen molar-refractivity contribution in [2.75, 3.05) is 0 Å². The van der Waals surface area contributed by atoms with Crippen molar-refractivity contribution in [2.45, 2.75) is 52.9 Å². The Morgan fingerprint density at radius 1 is 1.44 bits per heavy atom. The summed E-state index contributed by atoms with van der Waals surface area (Å²) in [6.45, 7) is 6.91. The van der Waals surface area contributed by atoms with Crippen molar-refractivity contribution in [3.8, 4) is 0 Å². The van der Waals surface area contributed by atoms with Crippen LogP contribution in [-0.4, -0.2) is 0 Å². The first-order valence-corrected chi connectivity index (χ1v) is 6.88. The number of allylic oxidation sites excluding steroid dienone is 6. The molecule has 0 aromatic rings. The molecule has 0 saturated heterocycles. The molecule has 2 rings (SSSR count). The molecule has 2 atom stereocenters. The lowest BCUT2D eigenvalue weighted by Crippen LogP contribution is -1.84. The molecule has 0 aromatic carbocycles. The fourth-order valence-electron chi connectivity index (χ4n) is 2.43. The second kappa shape index (κ2) is 5.03. The van der Waals surface area contributed by atoms with Crippen LogP contribution in [0.25, 0.3) is 0 Å². The first-order chi connectivity index (χ1) is 7.76. The fraction of sp³-hybridized carbons (Fsp3) is 0.625. The largest absolute Gasteiger partial charge is 0.0671 e. The highest BCUT2D eigenvalue weighted by Gasteiger charge is 2.34. The Kier molecular flexibility index (Phi) is 3.68. The van der Waals surface area contributed by atoms with Gasteiger partial charge in [-0.1, -0.05) is 51.0 Å². The van der Waals surface area contributed by atoms with E-state index in [-0.39, 0.29) is 0 Å². The average Bonchev–Trinajstić information content (AvgIpc) is 3.16. The molecule has 16 heavy (non-hydrogen) atoms. The summed E-state index contributed by atoms with van der Waals surface area (Å²) in [6, 6.07) is 0. The van der Waals surface area contributed by atoms with E-state index in [4.69, 9.17) is 0 Å². The Bertz CT molecular complexity index is 341. The van der Waals surface area contributed by atoms with Crippen molar-refractivity contribution in [1.82, 2.24) is 0 Å². The molecular weight excluding hydrogens is 192 g/mol. The van der Waals surface area contributed by atoms with Gasteiger partial charge in [0.05, 0.1) is 0 Å². The summed E-state index contributed by atoms with van der Waals surface area (Å²) in [6.07, 6.45) is 13.6. The molecular formula is C16H24. The van der Waals surface area contributed by atoms with E-state index < -0.39 is 0 Å². The van der Waals surface area contributed by atoms with E-state index in [1.807, 2.05) is 0 Å². The normalized spacial score (nSPS) is 30.6. The predicted molar refractivity (Wildman–Crippen MR) is 71.3 cm³/mol. The molecule has 0 amide bonds. The lowest BCUT2D eigenvalue weighted by molar-refractivity contribution is 0.806. The van der Waals surface area contributed by atoms with Gasteiger partial charge in [0.2, 0.25) is 0 Å². The van der Waals surface area contributed by atoms with E-state index >= 15 is 0 Å². The van der Waals surface area contributed by atoms with Gasteiger partial charge in [-0.3, -0.25) is 0 Å². The first kappa shape index (κ1) is 11.7. The second-order valence-corrected chi connectivity index (χ2v) is 5.31. The van der Waals surface area contributed by atoms with Gasteiger partial charge in [-0.25, -0.2) is 0 Å². The monoisotopic (exact) mass is 216 g/mol. The molecule has 0 radical (unpaired) electrons. The molecule has 1 saturated carbocycles. The minimum atomic E-state index is 0.902. The molecule has 88 valence electrons. The van der Waals surface area contributed by atoms with Crippen LogP contribution in [0.15, 0.2) is 34.9 Å². The van der Waals surface area contributed by atoms with Crippen molar-refractivity contribution in [3.05, 3.63) is 34.9 Å². The zero-order valence-corrected chi connectivity index (χ0v) is 10.9. The minimum absolute atomic E-state index is 0.902. The Hall–Kier alpha value is -0.780. The second-order valence-electron chi connectivity index (χ2n) is 5.31. The van der Waals surface area contributed by atoms with Crippen molar-refractivity contribution in [1.29, 1.82) is 0 Å². The summed E-state index contributed by atoms with van der Waals surface area (Å²) in [4.78, 5) is 0. The third-order valence-corrected chi connectivity index (χ3v) is 3.89. The molecule has 2 unspecified atom stereocenters. The third-order valence-electron chi connectivity index (χ3n) is 3.89. The Labute approximate surface area is 100 Å². The van der Waals surface area contributed by atoms with Crippen LogP contribution in [0.3, 0.4) is 0 Å². The molecule has 2 aliphatic carbocycles. The van der Waals surface area contributed by atoms with Crippen molar-refractivity contribution >= 4 is 0 Å². The molecule has 0 aliphatic heterocycles. The standard InChI is InChI=1S/C16H24/c1-4-6-7-14-11-15(14)9-8-13(5-2)16-10-12(16)3/h8-9,11-12,16H,4-7,10H2,1-3H3. The third kappa shape index (κ3) is 2.87. The van der Waals surface area contributed by atoms with Gasteiger partial charge < -0.3 is 0 Å². The van der Waals surface area contributed by atoms with Gasteiger partial charge in [0.1, 0.15) is 0 Å². The van der Waals surface area contributed by atoms with Crippen LogP contribution in [0.5, 0.6) is 0 Å². The highest BCUT2D eigenvalue weighted by molar-refractivity contribution is 5.58. The van der Waals surface area contributed by atoms with Crippen molar-refractivity contribution in [2.24, 2.45) is 11.8 Å². The minimum Gasteiger partial charge on any atom is -0.0671 e. The first-order valence-electron chi connectivity index (χ1n) is 6.88. The zero-order valence-electron chi connectivity index (χ0n) is 10.9. The van der Waals surface area contributed by atoms with Crippen LogP contribution in [0.1, 0.15) is 52.9 Å². The molecule has 1 fully saturated rings. The highest BCUT2D eigenvalue weighted by atomic mass is 14.4. The summed E-state index contributed by atoms with van der Waals surface area (Å²) < 4.78 is 0. The van der Waals surface area contributed by atoms with Crippen LogP contribution in [0.2, 0.25) is 0 Å². The van der Waals surface area contributed by atoms with Crippen LogP contribution >= 0.6 is 0 Å². The van der Waals surface area contributed by atoms with Gasteiger partial charge in [-0.15, -0.1) is 0 Å². The lowest BCUT2D eigenvalue weighted by Gasteiger charge is -1.99. The van der Waals surface area contributed by atoms with Crippen LogP contribution < -0.4 is 0 Å². The van der Waals surface area contributed by atoms with E-state index in [9.17, 15) is 0 Å². The van der Waals surface area contributed by atoms with Crippen LogP contribution in [0, 0.1) is 11.8 Å². The Morgan fingerprint density at radius 2 is 2.19 bits per heavy atom. The van der Waals surface area contributed by atoms with Gasteiger partial charge >= 0.3 is 0 Å². The highest BCUT2D eigenvalue weighted by Crippen LogP contribution is 2.45. The summed E-state index contributed by atoms with van der Waals surface area (Å²) in [5.41, 5.74) is 4.76. The quantitative estimate of drug-likeness (QED) is 0.584.